The summed E-state index contributed by atoms with van der Waals surface area (Å²) in [5, 5.41) is 0.728. The first kappa shape index (κ1) is 13.7. The molecule has 1 heteroatoms. The normalized spacial score (nSPS) is 18.3. The first-order chi connectivity index (χ1) is 8.85. The van der Waals surface area contributed by atoms with E-state index in [-0.39, 0.29) is 0 Å². The van der Waals surface area contributed by atoms with Gasteiger partial charge in [0.1, 0.15) is 0 Å². The second-order valence-electron chi connectivity index (χ2n) is 5.11. The van der Waals surface area contributed by atoms with E-state index in [0.717, 1.165) is 5.25 Å². The molecule has 98 valence electrons. The second kappa shape index (κ2) is 7.04. The molecule has 1 aliphatic rings. The van der Waals surface area contributed by atoms with Gasteiger partial charge in [-0.3, -0.25) is 0 Å². The first-order valence-corrected chi connectivity index (χ1v) is 8.19. The van der Waals surface area contributed by atoms with Crippen molar-refractivity contribution in [3.8, 4) is 0 Å². The fourth-order valence-electron chi connectivity index (χ4n) is 2.48. The summed E-state index contributed by atoms with van der Waals surface area (Å²) in [6.45, 7) is 4.57. The van der Waals surface area contributed by atoms with Gasteiger partial charge in [-0.1, -0.05) is 63.0 Å². The van der Waals surface area contributed by atoms with Crippen LogP contribution in [0.15, 0.2) is 34.7 Å². The maximum absolute atomic E-state index is 2.46. The molecule has 0 spiro atoms. The van der Waals surface area contributed by atoms with Crippen molar-refractivity contribution < 1.29 is 0 Å². The van der Waals surface area contributed by atoms with E-state index in [1.54, 1.807) is 5.57 Å². The van der Waals surface area contributed by atoms with Crippen molar-refractivity contribution in [2.24, 2.45) is 0 Å². The smallest absolute Gasteiger partial charge is 0.0307 e. The highest BCUT2D eigenvalue weighted by atomic mass is 32.2. The number of unbranched alkanes of at least 4 members (excludes halogenated alkanes) is 2. The van der Waals surface area contributed by atoms with Crippen LogP contribution < -0.4 is 0 Å². The molecule has 0 saturated carbocycles. The SMILES string of the molecule is CCCCC1=Cc2ccccc2SC1CCCC. The molecule has 0 nitrogen and oxygen atoms in total. The van der Waals surface area contributed by atoms with Crippen molar-refractivity contribution in [3.05, 3.63) is 35.4 Å². The monoisotopic (exact) mass is 260 g/mol. The third-order valence-electron chi connectivity index (χ3n) is 3.58. The molecule has 0 saturated heterocycles. The molecular formula is C17H24S. The molecule has 0 aliphatic carbocycles. The van der Waals surface area contributed by atoms with Gasteiger partial charge in [0, 0.05) is 10.1 Å². The molecule has 18 heavy (non-hydrogen) atoms. The fourth-order valence-corrected chi connectivity index (χ4v) is 3.83. The van der Waals surface area contributed by atoms with Gasteiger partial charge in [-0.15, -0.1) is 11.8 Å². The molecule has 0 N–H and O–H groups in total. The summed E-state index contributed by atoms with van der Waals surface area (Å²) in [7, 11) is 0. The van der Waals surface area contributed by atoms with Gasteiger partial charge in [0.25, 0.3) is 0 Å². The average molecular weight is 260 g/mol. The van der Waals surface area contributed by atoms with Crippen LogP contribution in [0, 0.1) is 0 Å². The Balaban J connectivity index is 2.16. The van der Waals surface area contributed by atoms with Crippen LogP contribution in [0.2, 0.25) is 0 Å². The van der Waals surface area contributed by atoms with E-state index in [2.05, 4.69) is 56.0 Å². The van der Waals surface area contributed by atoms with Gasteiger partial charge in [-0.05, 0) is 30.9 Å². The van der Waals surface area contributed by atoms with Crippen LogP contribution in [0.5, 0.6) is 0 Å². The lowest BCUT2D eigenvalue weighted by atomic mass is 9.98. The van der Waals surface area contributed by atoms with Crippen LogP contribution in [-0.2, 0) is 0 Å². The maximum Gasteiger partial charge on any atom is 0.0307 e. The van der Waals surface area contributed by atoms with E-state index in [0.29, 0.717) is 0 Å². The van der Waals surface area contributed by atoms with Crippen LogP contribution in [0.1, 0.15) is 57.9 Å². The summed E-state index contributed by atoms with van der Waals surface area (Å²) in [4.78, 5) is 1.47. The van der Waals surface area contributed by atoms with E-state index in [4.69, 9.17) is 0 Å². The van der Waals surface area contributed by atoms with E-state index in [9.17, 15) is 0 Å². The summed E-state index contributed by atoms with van der Waals surface area (Å²) >= 11 is 2.09. The summed E-state index contributed by atoms with van der Waals surface area (Å²) in [5.41, 5.74) is 3.11. The fraction of sp³-hybridized carbons (Fsp3) is 0.529. The summed E-state index contributed by atoms with van der Waals surface area (Å²) in [6.07, 6.45) is 10.4. The number of rotatable bonds is 6. The van der Waals surface area contributed by atoms with Crippen LogP contribution in [0.3, 0.4) is 0 Å². The number of hydrogen-bond acceptors (Lipinski definition) is 1. The average Bonchev–Trinajstić information content (AvgIpc) is 2.42. The van der Waals surface area contributed by atoms with Crippen molar-refractivity contribution >= 4 is 17.8 Å². The maximum atomic E-state index is 2.46. The van der Waals surface area contributed by atoms with Gasteiger partial charge in [0.2, 0.25) is 0 Å². The Morgan fingerprint density at radius 3 is 2.61 bits per heavy atom. The summed E-state index contributed by atoms with van der Waals surface area (Å²) in [5.74, 6) is 0. The zero-order chi connectivity index (χ0) is 12.8. The quantitative estimate of drug-likeness (QED) is 0.611. The van der Waals surface area contributed by atoms with Crippen LogP contribution in [0.25, 0.3) is 6.08 Å². The van der Waals surface area contributed by atoms with Gasteiger partial charge < -0.3 is 0 Å². The number of thioether (sulfide) groups is 1. The Kier molecular flexibility index (Phi) is 5.37. The predicted molar refractivity (Wildman–Crippen MR) is 83.1 cm³/mol. The molecule has 1 atom stereocenters. The number of benzene rings is 1. The largest absolute Gasteiger partial charge is 0.118 e. The molecular weight excluding hydrogens is 236 g/mol. The van der Waals surface area contributed by atoms with Gasteiger partial charge >= 0.3 is 0 Å². The first-order valence-electron chi connectivity index (χ1n) is 7.31. The second-order valence-corrected chi connectivity index (χ2v) is 6.35. The molecule has 0 aromatic heterocycles. The van der Waals surface area contributed by atoms with Gasteiger partial charge in [0.15, 0.2) is 0 Å². The molecule has 0 fully saturated rings. The van der Waals surface area contributed by atoms with E-state index >= 15 is 0 Å². The van der Waals surface area contributed by atoms with Crippen molar-refractivity contribution in [2.75, 3.05) is 0 Å². The highest BCUT2D eigenvalue weighted by Gasteiger charge is 2.20. The third kappa shape index (κ3) is 3.41. The molecule has 0 radical (unpaired) electrons. The number of fused-ring (bicyclic) bond motifs is 1. The Morgan fingerprint density at radius 2 is 1.83 bits per heavy atom. The highest BCUT2D eigenvalue weighted by Crippen LogP contribution is 2.41. The molecule has 1 aliphatic heterocycles. The third-order valence-corrected chi connectivity index (χ3v) is 5.03. The lowest BCUT2D eigenvalue weighted by Gasteiger charge is -2.25. The summed E-state index contributed by atoms with van der Waals surface area (Å²) in [6, 6.07) is 8.84. The molecule has 0 amide bonds. The van der Waals surface area contributed by atoms with E-state index in [1.165, 1.54) is 49.0 Å². The Bertz CT molecular complexity index is 406. The van der Waals surface area contributed by atoms with Crippen molar-refractivity contribution in [3.63, 3.8) is 0 Å². The van der Waals surface area contributed by atoms with Crippen molar-refractivity contribution in [2.45, 2.75) is 62.5 Å². The van der Waals surface area contributed by atoms with E-state index < -0.39 is 0 Å². The molecule has 1 heterocycles. The molecule has 1 aromatic carbocycles. The minimum Gasteiger partial charge on any atom is -0.118 e. The lowest BCUT2D eigenvalue weighted by Crippen LogP contribution is -2.11. The predicted octanol–water partition coefficient (Wildman–Crippen LogP) is 5.92. The van der Waals surface area contributed by atoms with Gasteiger partial charge in [-0.25, -0.2) is 0 Å². The Morgan fingerprint density at radius 1 is 1.06 bits per heavy atom. The minimum atomic E-state index is 0.728. The Labute approximate surface area is 116 Å². The zero-order valence-corrected chi connectivity index (χ0v) is 12.4. The van der Waals surface area contributed by atoms with Crippen molar-refractivity contribution in [1.82, 2.24) is 0 Å². The van der Waals surface area contributed by atoms with Gasteiger partial charge in [0.05, 0.1) is 0 Å². The topological polar surface area (TPSA) is 0 Å². The van der Waals surface area contributed by atoms with Crippen LogP contribution in [-0.4, -0.2) is 5.25 Å². The molecule has 0 bridgehead atoms. The molecule has 2 rings (SSSR count). The number of hydrogen-bond donors (Lipinski definition) is 0. The minimum absolute atomic E-state index is 0.728. The standard InChI is InChI=1S/C17H24S/c1-3-5-9-14-13-15-10-7-8-12-17(15)18-16(14)11-6-4-2/h7-8,10,12-13,16H,3-6,9,11H2,1-2H3. The lowest BCUT2D eigenvalue weighted by molar-refractivity contribution is 0.689. The van der Waals surface area contributed by atoms with Crippen molar-refractivity contribution in [1.29, 1.82) is 0 Å². The summed E-state index contributed by atoms with van der Waals surface area (Å²) < 4.78 is 0. The molecule has 1 aromatic rings. The highest BCUT2D eigenvalue weighted by molar-refractivity contribution is 8.00. The molecule has 1 unspecified atom stereocenters. The Hall–Kier alpha value is -0.690. The van der Waals surface area contributed by atoms with Crippen LogP contribution in [0.4, 0.5) is 0 Å². The van der Waals surface area contributed by atoms with Crippen LogP contribution >= 0.6 is 11.8 Å². The van der Waals surface area contributed by atoms with Gasteiger partial charge in [-0.2, -0.15) is 0 Å². The van der Waals surface area contributed by atoms with E-state index in [1.807, 2.05) is 0 Å². The zero-order valence-electron chi connectivity index (χ0n) is 11.6.